The molecule has 3 atom stereocenters. The SMILES string of the molecule is CCC(C)N(C(=O)C(C)NC(=O)OC(C)(C)C)C(C(=O)Nc1c(C)cccc1C)c1ccccc1O. The number of aryl methyl sites for hydroxylation is 2. The number of nitrogens with one attached hydrogen (secondary N) is 2. The average molecular weight is 498 g/mol. The molecule has 0 saturated heterocycles. The topological polar surface area (TPSA) is 108 Å². The molecule has 0 radical (unpaired) electrons. The Morgan fingerprint density at radius 2 is 1.58 bits per heavy atom. The first-order valence-electron chi connectivity index (χ1n) is 12.2. The molecule has 0 heterocycles. The molecule has 2 aromatic rings. The number of nitrogens with zero attached hydrogens (tertiary/aromatic N) is 1. The molecule has 36 heavy (non-hydrogen) atoms. The molecule has 8 nitrogen and oxygen atoms in total. The van der Waals surface area contributed by atoms with Crippen molar-refractivity contribution >= 4 is 23.6 Å². The number of carbonyl (C=O) groups is 3. The summed E-state index contributed by atoms with van der Waals surface area (Å²) in [4.78, 5) is 41.4. The maximum Gasteiger partial charge on any atom is 0.408 e. The highest BCUT2D eigenvalue weighted by Crippen LogP contribution is 2.33. The zero-order valence-corrected chi connectivity index (χ0v) is 22.5. The van der Waals surface area contributed by atoms with Crippen LogP contribution in [0.4, 0.5) is 10.5 Å². The van der Waals surface area contributed by atoms with Crippen molar-refractivity contribution in [2.75, 3.05) is 5.32 Å². The van der Waals surface area contributed by atoms with Crippen molar-refractivity contribution in [3.05, 3.63) is 59.2 Å². The van der Waals surface area contributed by atoms with Crippen LogP contribution in [0, 0.1) is 13.8 Å². The number of anilines is 1. The summed E-state index contributed by atoms with van der Waals surface area (Å²) in [7, 11) is 0. The van der Waals surface area contributed by atoms with Crippen molar-refractivity contribution in [2.45, 2.75) is 85.5 Å². The Hall–Kier alpha value is -3.55. The minimum Gasteiger partial charge on any atom is -0.508 e. The summed E-state index contributed by atoms with van der Waals surface area (Å²) in [6.07, 6.45) is -0.183. The first-order chi connectivity index (χ1) is 16.8. The number of ether oxygens (including phenoxy) is 1. The van der Waals surface area contributed by atoms with Crippen LogP contribution in [0.15, 0.2) is 42.5 Å². The second kappa shape index (κ2) is 11.9. The molecule has 0 bridgehead atoms. The molecule has 3 amide bonds. The number of benzene rings is 2. The lowest BCUT2D eigenvalue weighted by Gasteiger charge is -2.37. The number of phenols is 1. The average Bonchev–Trinajstić information content (AvgIpc) is 2.78. The molecule has 8 heteroatoms. The maximum absolute atomic E-state index is 13.8. The Morgan fingerprint density at radius 3 is 2.11 bits per heavy atom. The molecule has 2 rings (SSSR count). The van der Waals surface area contributed by atoms with Gasteiger partial charge in [0.2, 0.25) is 5.91 Å². The van der Waals surface area contributed by atoms with E-state index in [0.29, 0.717) is 17.7 Å². The smallest absolute Gasteiger partial charge is 0.408 e. The monoisotopic (exact) mass is 497 g/mol. The fraction of sp³-hybridized carbons (Fsp3) is 0.464. The predicted molar refractivity (Wildman–Crippen MR) is 141 cm³/mol. The third-order valence-corrected chi connectivity index (χ3v) is 5.91. The Bertz CT molecular complexity index is 1070. The van der Waals surface area contributed by atoms with Crippen molar-refractivity contribution in [2.24, 2.45) is 0 Å². The van der Waals surface area contributed by atoms with Gasteiger partial charge in [-0.15, -0.1) is 0 Å². The van der Waals surface area contributed by atoms with Gasteiger partial charge in [-0.1, -0.05) is 43.3 Å². The molecule has 0 saturated carbocycles. The molecule has 196 valence electrons. The molecular formula is C28H39N3O5. The third kappa shape index (κ3) is 7.23. The van der Waals surface area contributed by atoms with Gasteiger partial charge in [0.15, 0.2) is 0 Å². The van der Waals surface area contributed by atoms with Crippen LogP contribution in [0.3, 0.4) is 0 Å². The number of phenolic OH excluding ortho intramolecular Hbond substituents is 1. The van der Waals surface area contributed by atoms with E-state index in [2.05, 4.69) is 10.6 Å². The molecule has 3 N–H and O–H groups in total. The predicted octanol–water partition coefficient (Wildman–Crippen LogP) is 5.23. The van der Waals surface area contributed by atoms with Gasteiger partial charge < -0.3 is 25.4 Å². The van der Waals surface area contributed by atoms with Gasteiger partial charge in [-0.3, -0.25) is 9.59 Å². The molecule has 0 aliphatic heterocycles. The number of amides is 3. The second-order valence-corrected chi connectivity index (χ2v) is 10.1. The number of rotatable bonds is 8. The lowest BCUT2D eigenvalue weighted by Crippen LogP contribution is -2.53. The number of hydrogen-bond donors (Lipinski definition) is 3. The highest BCUT2D eigenvalue weighted by molar-refractivity contribution is 6.00. The van der Waals surface area contributed by atoms with Gasteiger partial charge in [-0.25, -0.2) is 4.79 Å². The van der Waals surface area contributed by atoms with Crippen LogP contribution >= 0.6 is 0 Å². The van der Waals surface area contributed by atoms with Gasteiger partial charge in [0, 0.05) is 17.3 Å². The highest BCUT2D eigenvalue weighted by atomic mass is 16.6. The number of carbonyl (C=O) groups excluding carboxylic acids is 3. The van der Waals surface area contributed by atoms with Crippen LogP contribution in [0.5, 0.6) is 5.75 Å². The van der Waals surface area contributed by atoms with E-state index in [1.54, 1.807) is 45.9 Å². The fourth-order valence-corrected chi connectivity index (χ4v) is 3.90. The van der Waals surface area contributed by atoms with Gasteiger partial charge in [0.25, 0.3) is 5.91 Å². The maximum atomic E-state index is 13.8. The Kier molecular flexibility index (Phi) is 9.50. The van der Waals surface area contributed by atoms with Gasteiger partial charge in [-0.2, -0.15) is 0 Å². The van der Waals surface area contributed by atoms with Gasteiger partial charge in [0.05, 0.1) is 0 Å². The zero-order chi connectivity index (χ0) is 27.2. The van der Waals surface area contributed by atoms with Crippen LogP contribution in [-0.2, 0) is 14.3 Å². The van der Waals surface area contributed by atoms with Crippen molar-refractivity contribution in [3.8, 4) is 5.75 Å². The highest BCUT2D eigenvalue weighted by Gasteiger charge is 2.38. The van der Waals surface area contributed by atoms with E-state index < -0.39 is 35.6 Å². The third-order valence-electron chi connectivity index (χ3n) is 5.91. The van der Waals surface area contributed by atoms with Crippen LogP contribution < -0.4 is 10.6 Å². The first kappa shape index (κ1) is 28.7. The van der Waals surface area contributed by atoms with Crippen molar-refractivity contribution < 1.29 is 24.2 Å². The molecule has 2 aromatic carbocycles. The van der Waals surface area contributed by atoms with Crippen LogP contribution in [0.25, 0.3) is 0 Å². The lowest BCUT2D eigenvalue weighted by molar-refractivity contribution is -0.143. The Labute approximate surface area is 214 Å². The van der Waals surface area contributed by atoms with Crippen LogP contribution in [0.1, 0.15) is 70.7 Å². The Morgan fingerprint density at radius 1 is 1.00 bits per heavy atom. The number of alkyl carbamates (subject to hydrolysis) is 1. The van der Waals surface area contributed by atoms with E-state index in [1.165, 1.54) is 11.0 Å². The standard InChI is InChI=1S/C28H39N3O5/c1-9-19(4)31(26(34)20(5)29-27(35)36-28(6,7)8)24(21-15-10-11-16-22(21)32)25(33)30-23-17(2)13-12-14-18(23)3/h10-16,19-20,24,32H,9H2,1-8H3,(H,29,35)(H,30,33). The van der Waals surface area contributed by atoms with E-state index in [4.69, 9.17) is 4.74 Å². The molecule has 0 aromatic heterocycles. The number of para-hydroxylation sites is 2. The van der Waals surface area contributed by atoms with Crippen molar-refractivity contribution in [1.82, 2.24) is 10.2 Å². The summed E-state index contributed by atoms with van der Waals surface area (Å²) in [5.74, 6) is -1.04. The summed E-state index contributed by atoms with van der Waals surface area (Å²) < 4.78 is 5.30. The largest absolute Gasteiger partial charge is 0.508 e. The van der Waals surface area contributed by atoms with Gasteiger partial charge in [0.1, 0.15) is 23.4 Å². The quantitative estimate of drug-likeness (QED) is 0.463. The van der Waals surface area contributed by atoms with E-state index in [0.717, 1.165) is 11.1 Å². The lowest BCUT2D eigenvalue weighted by atomic mass is 9.98. The number of hydrogen-bond acceptors (Lipinski definition) is 5. The molecule has 0 aliphatic carbocycles. The van der Waals surface area contributed by atoms with E-state index >= 15 is 0 Å². The van der Waals surface area contributed by atoms with Gasteiger partial charge in [-0.05, 0) is 72.1 Å². The fourth-order valence-electron chi connectivity index (χ4n) is 3.90. The summed E-state index contributed by atoms with van der Waals surface area (Å²) >= 11 is 0. The van der Waals surface area contributed by atoms with Crippen LogP contribution in [-0.4, -0.2) is 45.6 Å². The minimum absolute atomic E-state index is 0.104. The summed E-state index contributed by atoms with van der Waals surface area (Å²) in [6, 6.07) is 9.65. The summed E-state index contributed by atoms with van der Waals surface area (Å²) in [5.41, 5.74) is 1.97. The molecular weight excluding hydrogens is 458 g/mol. The van der Waals surface area contributed by atoms with Crippen LogP contribution in [0.2, 0.25) is 0 Å². The van der Waals surface area contributed by atoms with E-state index in [-0.39, 0.29) is 11.8 Å². The normalized spacial score (nSPS) is 13.8. The van der Waals surface area contributed by atoms with Crippen molar-refractivity contribution in [1.29, 1.82) is 0 Å². The number of aromatic hydroxyl groups is 1. The van der Waals surface area contributed by atoms with Crippen molar-refractivity contribution in [3.63, 3.8) is 0 Å². The molecule has 0 spiro atoms. The molecule has 3 unspecified atom stereocenters. The minimum atomic E-state index is -1.14. The molecule has 0 aliphatic rings. The van der Waals surface area contributed by atoms with E-state index in [9.17, 15) is 19.5 Å². The first-order valence-corrected chi connectivity index (χ1v) is 12.2. The van der Waals surface area contributed by atoms with Gasteiger partial charge >= 0.3 is 6.09 Å². The Balaban J connectivity index is 2.52. The second-order valence-electron chi connectivity index (χ2n) is 10.1. The van der Waals surface area contributed by atoms with E-state index in [1.807, 2.05) is 45.9 Å². The molecule has 0 fully saturated rings. The summed E-state index contributed by atoms with van der Waals surface area (Å²) in [6.45, 7) is 14.3. The zero-order valence-electron chi connectivity index (χ0n) is 22.5. The summed E-state index contributed by atoms with van der Waals surface area (Å²) in [5, 5.41) is 16.2.